The van der Waals surface area contributed by atoms with E-state index in [0.717, 1.165) is 9.35 Å². The van der Waals surface area contributed by atoms with Crippen LogP contribution in [0.25, 0.3) is 22.1 Å². The molecule has 2 aromatic heterocycles. The molecule has 0 aliphatic rings. The first-order valence-corrected chi connectivity index (χ1v) is 6.83. The summed E-state index contributed by atoms with van der Waals surface area (Å²) in [6, 6.07) is 8.57. The summed E-state index contributed by atoms with van der Waals surface area (Å²) in [5, 5.41) is 8.83. The molecule has 0 atom stereocenters. The number of thiophene rings is 1. The smallest absolute Gasteiger partial charge is 0.184 e. The second kappa shape index (κ2) is 4.62. The van der Waals surface area contributed by atoms with E-state index in [2.05, 4.69) is 31.1 Å². The van der Waals surface area contributed by atoms with Crippen LogP contribution in [-0.2, 0) is 0 Å². The lowest BCUT2D eigenvalue weighted by molar-refractivity contribution is 0.630. The summed E-state index contributed by atoms with van der Waals surface area (Å²) in [4.78, 5) is 5.28. The van der Waals surface area contributed by atoms with E-state index in [4.69, 9.17) is 0 Å². The Kier molecular flexibility index (Phi) is 2.97. The van der Waals surface area contributed by atoms with E-state index in [0.29, 0.717) is 17.2 Å². The number of nitrogens with one attached hydrogen (secondary N) is 1. The molecule has 0 fully saturated rings. The Balaban J connectivity index is 2.05. The Morgan fingerprint density at radius 2 is 2.17 bits per heavy atom. The van der Waals surface area contributed by atoms with Crippen molar-refractivity contribution in [3.05, 3.63) is 46.0 Å². The first-order valence-electron chi connectivity index (χ1n) is 5.16. The Labute approximate surface area is 115 Å². The van der Waals surface area contributed by atoms with Crippen molar-refractivity contribution in [1.82, 2.24) is 15.2 Å². The topological polar surface area (TPSA) is 41.6 Å². The van der Waals surface area contributed by atoms with Gasteiger partial charge in [-0.3, -0.25) is 5.10 Å². The number of halogens is 2. The zero-order valence-electron chi connectivity index (χ0n) is 9.02. The second-order valence-corrected chi connectivity index (χ2v) is 5.47. The van der Waals surface area contributed by atoms with Gasteiger partial charge in [0.1, 0.15) is 5.82 Å². The van der Waals surface area contributed by atoms with Gasteiger partial charge in [-0.05, 0) is 29.6 Å². The molecule has 0 amide bonds. The fourth-order valence-electron chi connectivity index (χ4n) is 1.57. The number of nitrogens with zero attached hydrogens (tertiary/aromatic N) is 2. The summed E-state index contributed by atoms with van der Waals surface area (Å²) in [6.45, 7) is 0. The summed E-state index contributed by atoms with van der Waals surface area (Å²) in [5.41, 5.74) is 0.378. The Morgan fingerprint density at radius 3 is 2.94 bits per heavy atom. The maximum Gasteiger partial charge on any atom is 0.184 e. The quantitative estimate of drug-likeness (QED) is 0.771. The molecule has 0 aliphatic carbocycles. The number of benzene rings is 1. The van der Waals surface area contributed by atoms with Gasteiger partial charge in [0.2, 0.25) is 0 Å². The lowest BCUT2D eigenvalue weighted by Gasteiger charge is -1.98. The lowest BCUT2D eigenvalue weighted by Crippen LogP contribution is -1.86. The van der Waals surface area contributed by atoms with Crippen molar-refractivity contribution < 1.29 is 4.39 Å². The van der Waals surface area contributed by atoms with E-state index in [-0.39, 0.29) is 5.82 Å². The van der Waals surface area contributed by atoms with Gasteiger partial charge in [0.25, 0.3) is 0 Å². The summed E-state index contributed by atoms with van der Waals surface area (Å²) in [7, 11) is 0. The number of aromatic amines is 1. The van der Waals surface area contributed by atoms with E-state index in [1.165, 1.54) is 6.07 Å². The fourth-order valence-corrected chi connectivity index (χ4v) is 2.60. The van der Waals surface area contributed by atoms with Crippen molar-refractivity contribution in [3.8, 4) is 22.1 Å². The molecule has 0 spiro atoms. The molecule has 6 heteroatoms. The molecular formula is C12H7BrFN3S. The van der Waals surface area contributed by atoms with E-state index < -0.39 is 0 Å². The van der Waals surface area contributed by atoms with Crippen LogP contribution in [-0.4, -0.2) is 15.2 Å². The third-order valence-corrected chi connectivity index (χ3v) is 3.78. The standard InChI is InChI=1S/C12H7BrFN3S/c13-7-3-4-9(14)8(6-7)11-15-12(17-16-11)10-2-1-5-18-10/h1-6H,(H,15,16,17). The van der Waals surface area contributed by atoms with Gasteiger partial charge in [0.05, 0.1) is 10.4 Å². The van der Waals surface area contributed by atoms with Crippen LogP contribution in [0.2, 0.25) is 0 Å². The van der Waals surface area contributed by atoms with Gasteiger partial charge >= 0.3 is 0 Å². The molecule has 18 heavy (non-hydrogen) atoms. The van der Waals surface area contributed by atoms with Crippen LogP contribution >= 0.6 is 27.3 Å². The Hall–Kier alpha value is -1.53. The van der Waals surface area contributed by atoms with Crippen LogP contribution in [0, 0.1) is 5.82 Å². The highest BCUT2D eigenvalue weighted by atomic mass is 79.9. The van der Waals surface area contributed by atoms with Gasteiger partial charge in [-0.2, -0.15) is 5.10 Å². The number of H-pyrrole nitrogens is 1. The molecule has 1 aromatic carbocycles. The monoisotopic (exact) mass is 323 g/mol. The minimum Gasteiger partial charge on any atom is -0.258 e. The molecule has 3 nitrogen and oxygen atoms in total. The van der Waals surface area contributed by atoms with Gasteiger partial charge in [-0.1, -0.05) is 22.0 Å². The van der Waals surface area contributed by atoms with Crippen LogP contribution in [0.15, 0.2) is 40.2 Å². The Bertz CT molecular complexity index is 678. The summed E-state index contributed by atoms with van der Waals surface area (Å²) in [5.74, 6) is 0.673. The van der Waals surface area contributed by atoms with Gasteiger partial charge in [-0.15, -0.1) is 11.3 Å². The van der Waals surface area contributed by atoms with Crippen molar-refractivity contribution in [3.63, 3.8) is 0 Å². The van der Waals surface area contributed by atoms with Crippen molar-refractivity contribution in [2.24, 2.45) is 0 Å². The molecular weight excluding hydrogens is 317 g/mol. The molecule has 0 bridgehead atoms. The maximum absolute atomic E-state index is 13.7. The summed E-state index contributed by atoms with van der Waals surface area (Å²) >= 11 is 4.86. The minimum absolute atomic E-state index is 0.338. The first-order chi connectivity index (χ1) is 8.74. The maximum atomic E-state index is 13.7. The average molecular weight is 324 g/mol. The third kappa shape index (κ3) is 2.09. The van der Waals surface area contributed by atoms with E-state index in [1.807, 2.05) is 17.5 Å². The zero-order chi connectivity index (χ0) is 12.5. The summed E-state index contributed by atoms with van der Waals surface area (Å²) in [6.07, 6.45) is 0. The fraction of sp³-hybridized carbons (Fsp3) is 0. The number of aromatic nitrogens is 3. The SMILES string of the molecule is Fc1ccc(Br)cc1-c1n[nH]c(-c2cccs2)n1. The molecule has 0 unspecified atom stereocenters. The Morgan fingerprint density at radius 1 is 1.28 bits per heavy atom. The highest BCUT2D eigenvalue weighted by molar-refractivity contribution is 9.10. The minimum atomic E-state index is -0.338. The van der Waals surface area contributed by atoms with Crippen molar-refractivity contribution in [2.45, 2.75) is 0 Å². The van der Waals surface area contributed by atoms with E-state index in [9.17, 15) is 4.39 Å². The largest absolute Gasteiger partial charge is 0.258 e. The molecule has 90 valence electrons. The van der Waals surface area contributed by atoms with Crippen LogP contribution in [0.1, 0.15) is 0 Å². The highest BCUT2D eigenvalue weighted by Crippen LogP contribution is 2.26. The number of rotatable bonds is 2. The van der Waals surface area contributed by atoms with E-state index in [1.54, 1.807) is 23.5 Å². The number of hydrogen-bond donors (Lipinski definition) is 1. The van der Waals surface area contributed by atoms with Crippen molar-refractivity contribution in [1.29, 1.82) is 0 Å². The van der Waals surface area contributed by atoms with Gasteiger partial charge in [0.15, 0.2) is 11.6 Å². The predicted molar refractivity (Wildman–Crippen MR) is 72.8 cm³/mol. The molecule has 0 saturated heterocycles. The molecule has 2 heterocycles. The number of hydrogen-bond acceptors (Lipinski definition) is 3. The van der Waals surface area contributed by atoms with Crippen molar-refractivity contribution in [2.75, 3.05) is 0 Å². The molecule has 1 N–H and O–H groups in total. The molecule has 3 rings (SSSR count). The van der Waals surface area contributed by atoms with Crippen molar-refractivity contribution >= 4 is 27.3 Å². The second-order valence-electron chi connectivity index (χ2n) is 3.61. The molecule has 0 saturated carbocycles. The average Bonchev–Trinajstić information content (AvgIpc) is 3.00. The predicted octanol–water partition coefficient (Wildman–Crippen LogP) is 4.10. The summed E-state index contributed by atoms with van der Waals surface area (Å²) < 4.78 is 14.5. The van der Waals surface area contributed by atoms with Gasteiger partial charge < -0.3 is 0 Å². The normalized spacial score (nSPS) is 10.8. The van der Waals surface area contributed by atoms with Crippen LogP contribution in [0.3, 0.4) is 0 Å². The highest BCUT2D eigenvalue weighted by Gasteiger charge is 2.12. The lowest BCUT2D eigenvalue weighted by atomic mass is 10.2. The zero-order valence-corrected chi connectivity index (χ0v) is 11.4. The molecule has 0 radical (unpaired) electrons. The van der Waals surface area contributed by atoms with Gasteiger partial charge in [-0.25, -0.2) is 9.37 Å². The molecule has 0 aliphatic heterocycles. The van der Waals surface area contributed by atoms with E-state index >= 15 is 0 Å². The van der Waals surface area contributed by atoms with Crippen LogP contribution < -0.4 is 0 Å². The van der Waals surface area contributed by atoms with Gasteiger partial charge in [0, 0.05) is 4.47 Å². The first kappa shape index (κ1) is 11.6. The van der Waals surface area contributed by atoms with Crippen LogP contribution in [0.5, 0.6) is 0 Å². The third-order valence-electron chi connectivity index (χ3n) is 2.41. The van der Waals surface area contributed by atoms with Crippen LogP contribution in [0.4, 0.5) is 4.39 Å². The molecule has 3 aromatic rings.